The lowest BCUT2D eigenvalue weighted by Gasteiger charge is -2.07. The van der Waals surface area contributed by atoms with E-state index < -0.39 is 0 Å². The van der Waals surface area contributed by atoms with Gasteiger partial charge in [-0.25, -0.2) is 0 Å². The highest BCUT2D eigenvalue weighted by molar-refractivity contribution is 5.79. The van der Waals surface area contributed by atoms with E-state index in [1.165, 1.54) is 0 Å². The molecule has 0 aliphatic rings. The summed E-state index contributed by atoms with van der Waals surface area (Å²) in [6, 6.07) is 1.99. The summed E-state index contributed by atoms with van der Waals surface area (Å²) in [6.07, 6.45) is 3.25. The number of fused-ring (bicyclic) bond motifs is 1. The van der Waals surface area contributed by atoms with Gasteiger partial charge in [-0.15, -0.1) is 0 Å². The molecule has 0 spiro atoms. The van der Waals surface area contributed by atoms with Crippen molar-refractivity contribution in [2.75, 3.05) is 20.3 Å². The van der Waals surface area contributed by atoms with Crippen LogP contribution in [0, 0.1) is 0 Å². The molecule has 0 saturated carbocycles. The van der Waals surface area contributed by atoms with E-state index in [2.05, 4.69) is 15.0 Å². The molecule has 0 aliphatic heterocycles. The summed E-state index contributed by atoms with van der Waals surface area (Å²) < 4.78 is 10.2. The number of hydrogen-bond acceptors (Lipinski definition) is 6. The van der Waals surface area contributed by atoms with E-state index in [0.717, 1.165) is 5.39 Å². The van der Waals surface area contributed by atoms with Crippen molar-refractivity contribution >= 4 is 10.9 Å². The van der Waals surface area contributed by atoms with E-state index in [-0.39, 0.29) is 12.6 Å². The number of pyridine rings is 1. The van der Waals surface area contributed by atoms with Crippen molar-refractivity contribution in [1.82, 2.24) is 15.0 Å². The fourth-order valence-electron chi connectivity index (χ4n) is 1.42. The van der Waals surface area contributed by atoms with Gasteiger partial charge in [-0.2, -0.15) is 9.97 Å². The van der Waals surface area contributed by atoms with Crippen LogP contribution < -0.4 is 4.74 Å². The van der Waals surface area contributed by atoms with Gasteiger partial charge in [-0.05, 0) is 6.07 Å². The number of hydrogen-bond donors (Lipinski definition) is 1. The number of rotatable bonds is 5. The minimum atomic E-state index is -0.163. The molecule has 0 amide bonds. The Balaban J connectivity index is 2.32. The lowest BCUT2D eigenvalue weighted by Crippen LogP contribution is -2.08. The van der Waals surface area contributed by atoms with Crippen LogP contribution in [0.25, 0.3) is 10.9 Å². The standard InChI is InChI=1S/C11H13N3O3/c1-16-4-5-17-11-13-9-6-12-3-2-8(9)10(7-15)14-11/h2-3,6,15H,4-5,7H2,1H3. The molecule has 0 radical (unpaired) electrons. The van der Waals surface area contributed by atoms with Crippen LogP contribution in [0.15, 0.2) is 18.5 Å². The first kappa shape index (κ1) is 11.7. The summed E-state index contributed by atoms with van der Waals surface area (Å²) >= 11 is 0. The number of methoxy groups -OCH3 is 1. The van der Waals surface area contributed by atoms with E-state index in [1.807, 2.05) is 0 Å². The highest BCUT2D eigenvalue weighted by Crippen LogP contribution is 2.17. The Kier molecular flexibility index (Phi) is 3.79. The monoisotopic (exact) mass is 235 g/mol. The minimum absolute atomic E-state index is 0.163. The Labute approximate surface area is 98.3 Å². The van der Waals surface area contributed by atoms with Crippen molar-refractivity contribution < 1.29 is 14.6 Å². The van der Waals surface area contributed by atoms with Crippen LogP contribution in [0.5, 0.6) is 6.01 Å². The van der Waals surface area contributed by atoms with Gasteiger partial charge in [0, 0.05) is 18.7 Å². The minimum Gasteiger partial charge on any atom is -0.461 e. The van der Waals surface area contributed by atoms with Crippen LogP contribution in [0.1, 0.15) is 5.69 Å². The van der Waals surface area contributed by atoms with E-state index in [0.29, 0.717) is 24.4 Å². The van der Waals surface area contributed by atoms with Crippen molar-refractivity contribution in [2.24, 2.45) is 0 Å². The smallest absolute Gasteiger partial charge is 0.317 e. The molecule has 1 N–H and O–H groups in total. The number of aliphatic hydroxyl groups is 1. The molecule has 90 valence electrons. The second-order valence-electron chi connectivity index (χ2n) is 3.35. The quantitative estimate of drug-likeness (QED) is 0.762. The van der Waals surface area contributed by atoms with E-state index in [4.69, 9.17) is 9.47 Å². The number of aliphatic hydroxyl groups excluding tert-OH is 1. The molecule has 2 aromatic rings. The molecule has 0 atom stereocenters. The maximum atomic E-state index is 9.24. The molecular formula is C11H13N3O3. The first-order valence-corrected chi connectivity index (χ1v) is 5.18. The topological polar surface area (TPSA) is 77.4 Å². The molecule has 6 nitrogen and oxygen atoms in total. The Morgan fingerprint density at radius 2 is 2.18 bits per heavy atom. The van der Waals surface area contributed by atoms with Crippen molar-refractivity contribution in [2.45, 2.75) is 6.61 Å². The average Bonchev–Trinajstić information content (AvgIpc) is 2.38. The molecule has 0 bridgehead atoms. The van der Waals surface area contributed by atoms with Crippen molar-refractivity contribution in [3.63, 3.8) is 0 Å². The maximum Gasteiger partial charge on any atom is 0.317 e. The Bertz CT molecular complexity index is 504. The first-order valence-electron chi connectivity index (χ1n) is 5.18. The van der Waals surface area contributed by atoms with E-state index >= 15 is 0 Å². The van der Waals surface area contributed by atoms with Crippen LogP contribution in [0.3, 0.4) is 0 Å². The molecule has 6 heteroatoms. The summed E-state index contributed by atoms with van der Waals surface area (Å²) in [5.74, 6) is 0. The second kappa shape index (κ2) is 5.51. The molecule has 0 fully saturated rings. The molecule has 2 heterocycles. The predicted octanol–water partition coefficient (Wildman–Crippen LogP) is 0.542. The fraction of sp³-hybridized carbons (Fsp3) is 0.364. The zero-order valence-electron chi connectivity index (χ0n) is 9.46. The zero-order chi connectivity index (χ0) is 12.1. The fourth-order valence-corrected chi connectivity index (χ4v) is 1.42. The summed E-state index contributed by atoms with van der Waals surface area (Å²) in [6.45, 7) is 0.666. The summed E-state index contributed by atoms with van der Waals surface area (Å²) in [4.78, 5) is 12.3. The number of ether oxygens (including phenoxy) is 2. The van der Waals surface area contributed by atoms with Crippen molar-refractivity contribution in [1.29, 1.82) is 0 Å². The third-order valence-electron chi connectivity index (χ3n) is 2.23. The lowest BCUT2D eigenvalue weighted by atomic mass is 10.2. The van der Waals surface area contributed by atoms with Gasteiger partial charge in [-0.1, -0.05) is 0 Å². The van der Waals surface area contributed by atoms with Crippen molar-refractivity contribution in [3.05, 3.63) is 24.2 Å². The van der Waals surface area contributed by atoms with Crippen LogP contribution >= 0.6 is 0 Å². The Morgan fingerprint density at radius 3 is 2.94 bits per heavy atom. The number of aromatic nitrogens is 3. The molecule has 0 aliphatic carbocycles. The summed E-state index contributed by atoms with van der Waals surface area (Å²) in [5.41, 5.74) is 1.18. The molecule has 0 aromatic carbocycles. The van der Waals surface area contributed by atoms with Gasteiger partial charge in [0.2, 0.25) is 0 Å². The zero-order valence-corrected chi connectivity index (χ0v) is 9.46. The van der Waals surface area contributed by atoms with Gasteiger partial charge in [-0.3, -0.25) is 4.98 Å². The Hall–Kier alpha value is -1.79. The van der Waals surface area contributed by atoms with Gasteiger partial charge < -0.3 is 14.6 Å². The summed E-state index contributed by atoms with van der Waals surface area (Å²) in [7, 11) is 1.59. The van der Waals surface area contributed by atoms with Crippen LogP contribution in [-0.4, -0.2) is 40.4 Å². The van der Waals surface area contributed by atoms with E-state index in [9.17, 15) is 5.11 Å². The van der Waals surface area contributed by atoms with E-state index in [1.54, 1.807) is 25.6 Å². The van der Waals surface area contributed by atoms with Gasteiger partial charge in [0.05, 0.1) is 30.6 Å². The van der Waals surface area contributed by atoms with Gasteiger partial charge >= 0.3 is 6.01 Å². The SMILES string of the molecule is COCCOc1nc(CO)c2ccncc2n1. The molecule has 0 unspecified atom stereocenters. The highest BCUT2D eigenvalue weighted by atomic mass is 16.5. The van der Waals surface area contributed by atoms with Gasteiger partial charge in [0.1, 0.15) is 6.61 Å². The van der Waals surface area contributed by atoms with Gasteiger partial charge in [0.25, 0.3) is 0 Å². The van der Waals surface area contributed by atoms with Crippen LogP contribution in [0.2, 0.25) is 0 Å². The Morgan fingerprint density at radius 1 is 1.29 bits per heavy atom. The lowest BCUT2D eigenvalue weighted by molar-refractivity contribution is 0.140. The van der Waals surface area contributed by atoms with Gasteiger partial charge in [0.15, 0.2) is 0 Å². The summed E-state index contributed by atoms with van der Waals surface area (Å²) in [5, 5.41) is 10.0. The van der Waals surface area contributed by atoms with Crippen LogP contribution in [0.4, 0.5) is 0 Å². The third kappa shape index (κ3) is 2.66. The molecule has 17 heavy (non-hydrogen) atoms. The molecule has 2 rings (SSSR count). The first-order chi connectivity index (χ1) is 8.35. The normalized spacial score (nSPS) is 10.7. The highest BCUT2D eigenvalue weighted by Gasteiger charge is 2.07. The molecular weight excluding hydrogens is 222 g/mol. The molecule has 0 saturated heterocycles. The number of nitrogens with zero attached hydrogens (tertiary/aromatic N) is 3. The molecule has 2 aromatic heterocycles. The predicted molar refractivity (Wildman–Crippen MR) is 60.6 cm³/mol. The van der Waals surface area contributed by atoms with Crippen LogP contribution in [-0.2, 0) is 11.3 Å². The third-order valence-corrected chi connectivity index (χ3v) is 2.23. The van der Waals surface area contributed by atoms with Crippen molar-refractivity contribution in [3.8, 4) is 6.01 Å². The second-order valence-corrected chi connectivity index (χ2v) is 3.35. The average molecular weight is 235 g/mol. The maximum absolute atomic E-state index is 9.24. The largest absolute Gasteiger partial charge is 0.461 e.